The van der Waals surface area contributed by atoms with E-state index in [4.69, 9.17) is 0 Å². The van der Waals surface area contributed by atoms with Crippen LogP contribution in [-0.4, -0.2) is 33.9 Å². The van der Waals surface area contributed by atoms with E-state index >= 15 is 0 Å². The molecule has 0 spiro atoms. The van der Waals surface area contributed by atoms with Gasteiger partial charge in [0.25, 0.3) is 5.91 Å². The second-order valence-corrected chi connectivity index (χ2v) is 7.27. The largest absolute Gasteiger partial charge is 0.465 e. The highest BCUT2D eigenvalue weighted by atomic mass is 32.2. The summed E-state index contributed by atoms with van der Waals surface area (Å²) in [5.74, 6) is -0.916. The Hall–Kier alpha value is -2.71. The molecule has 0 fully saturated rings. The van der Waals surface area contributed by atoms with Crippen molar-refractivity contribution in [1.82, 2.24) is 4.72 Å². The van der Waals surface area contributed by atoms with Gasteiger partial charge in [-0.3, -0.25) is 4.79 Å². The highest BCUT2D eigenvalue weighted by Crippen LogP contribution is 2.19. The standard InChI is InChI=1S/C18H20N2O5S/c1-4-19-26(23,24)15-9-7-13(8-10-15)17(21)20-16-11-14(18(22)25-3)6-5-12(16)2/h5-11,19H,4H2,1-3H3,(H,20,21). The van der Waals surface area contributed by atoms with E-state index in [1.807, 2.05) is 0 Å². The van der Waals surface area contributed by atoms with E-state index in [1.54, 1.807) is 26.0 Å². The van der Waals surface area contributed by atoms with E-state index in [9.17, 15) is 18.0 Å². The first-order valence-corrected chi connectivity index (χ1v) is 9.37. The zero-order valence-electron chi connectivity index (χ0n) is 14.7. The number of hydrogen-bond acceptors (Lipinski definition) is 5. The number of anilines is 1. The minimum Gasteiger partial charge on any atom is -0.465 e. The maximum Gasteiger partial charge on any atom is 0.337 e. The summed E-state index contributed by atoms with van der Waals surface area (Å²) < 4.78 is 30.9. The molecule has 138 valence electrons. The first kappa shape index (κ1) is 19.6. The van der Waals surface area contributed by atoms with Crippen LogP contribution in [-0.2, 0) is 14.8 Å². The topological polar surface area (TPSA) is 102 Å². The van der Waals surface area contributed by atoms with Crippen molar-refractivity contribution < 1.29 is 22.7 Å². The van der Waals surface area contributed by atoms with Gasteiger partial charge < -0.3 is 10.1 Å². The number of aryl methyl sites for hydroxylation is 1. The molecule has 0 unspecified atom stereocenters. The average Bonchev–Trinajstić information content (AvgIpc) is 2.63. The molecule has 8 heteroatoms. The lowest BCUT2D eigenvalue weighted by Gasteiger charge is -2.11. The predicted molar refractivity (Wildman–Crippen MR) is 97.8 cm³/mol. The number of methoxy groups -OCH3 is 1. The lowest BCUT2D eigenvalue weighted by atomic mass is 10.1. The minimum atomic E-state index is -3.57. The van der Waals surface area contributed by atoms with Crippen LogP contribution < -0.4 is 10.0 Å². The smallest absolute Gasteiger partial charge is 0.337 e. The Morgan fingerprint density at radius 2 is 1.65 bits per heavy atom. The zero-order valence-corrected chi connectivity index (χ0v) is 15.5. The highest BCUT2D eigenvalue weighted by Gasteiger charge is 2.15. The monoisotopic (exact) mass is 376 g/mol. The molecule has 2 aromatic rings. The van der Waals surface area contributed by atoms with Crippen LogP contribution in [0.3, 0.4) is 0 Å². The molecule has 0 saturated carbocycles. The van der Waals surface area contributed by atoms with Crippen molar-refractivity contribution >= 4 is 27.6 Å². The van der Waals surface area contributed by atoms with Crippen LogP contribution in [0.15, 0.2) is 47.4 Å². The molecule has 1 amide bonds. The van der Waals surface area contributed by atoms with Gasteiger partial charge in [-0.1, -0.05) is 13.0 Å². The van der Waals surface area contributed by atoms with Crippen molar-refractivity contribution in [2.75, 3.05) is 19.0 Å². The van der Waals surface area contributed by atoms with Crippen molar-refractivity contribution in [3.63, 3.8) is 0 Å². The third-order valence-electron chi connectivity index (χ3n) is 3.67. The molecule has 0 radical (unpaired) electrons. The van der Waals surface area contributed by atoms with Crippen LogP contribution in [0.2, 0.25) is 0 Å². The molecule has 0 bridgehead atoms. The zero-order chi connectivity index (χ0) is 19.3. The van der Waals surface area contributed by atoms with Crippen molar-refractivity contribution in [3.05, 3.63) is 59.2 Å². The van der Waals surface area contributed by atoms with Gasteiger partial charge in [-0.25, -0.2) is 17.9 Å². The van der Waals surface area contributed by atoms with Gasteiger partial charge in [0.05, 0.1) is 17.6 Å². The SMILES string of the molecule is CCNS(=O)(=O)c1ccc(C(=O)Nc2cc(C(=O)OC)ccc2C)cc1. The maximum absolute atomic E-state index is 12.4. The van der Waals surface area contributed by atoms with Crippen LogP contribution in [0.4, 0.5) is 5.69 Å². The average molecular weight is 376 g/mol. The Labute approximate surface area is 152 Å². The molecule has 0 atom stereocenters. The highest BCUT2D eigenvalue weighted by molar-refractivity contribution is 7.89. The van der Waals surface area contributed by atoms with Gasteiger partial charge in [0.15, 0.2) is 0 Å². The van der Waals surface area contributed by atoms with E-state index in [0.717, 1.165) is 5.56 Å². The molecule has 0 aliphatic carbocycles. The first-order chi connectivity index (χ1) is 12.3. The van der Waals surface area contributed by atoms with Gasteiger partial charge in [-0.05, 0) is 48.9 Å². The number of ether oxygens (including phenoxy) is 1. The fourth-order valence-corrected chi connectivity index (χ4v) is 3.30. The van der Waals surface area contributed by atoms with Gasteiger partial charge in [0, 0.05) is 17.8 Å². The fourth-order valence-electron chi connectivity index (χ4n) is 2.25. The number of nitrogens with one attached hydrogen (secondary N) is 2. The van der Waals surface area contributed by atoms with Crippen LogP contribution in [0, 0.1) is 6.92 Å². The summed E-state index contributed by atoms with van der Waals surface area (Å²) in [7, 11) is -2.29. The lowest BCUT2D eigenvalue weighted by Crippen LogP contribution is -2.23. The minimum absolute atomic E-state index is 0.0831. The molecular formula is C18H20N2O5S. The predicted octanol–water partition coefficient (Wildman–Crippen LogP) is 2.33. The molecule has 2 N–H and O–H groups in total. The van der Waals surface area contributed by atoms with E-state index < -0.39 is 21.9 Å². The molecular weight excluding hydrogens is 356 g/mol. The molecule has 7 nitrogen and oxygen atoms in total. The molecule has 0 aromatic heterocycles. The number of carbonyl (C=O) groups is 2. The third-order valence-corrected chi connectivity index (χ3v) is 5.23. The third kappa shape index (κ3) is 4.47. The fraction of sp³-hybridized carbons (Fsp3) is 0.222. The molecule has 2 rings (SSSR count). The Kier molecular flexibility index (Phi) is 6.12. The molecule has 0 heterocycles. The van der Waals surface area contributed by atoms with Crippen molar-refractivity contribution in [1.29, 1.82) is 0 Å². The number of sulfonamides is 1. The summed E-state index contributed by atoms with van der Waals surface area (Å²) in [5, 5.41) is 2.72. The van der Waals surface area contributed by atoms with Crippen molar-refractivity contribution in [2.24, 2.45) is 0 Å². The summed E-state index contributed by atoms with van der Waals surface area (Å²) in [5.41, 5.74) is 1.86. The molecule has 0 aliphatic rings. The van der Waals surface area contributed by atoms with Gasteiger partial charge in [0.2, 0.25) is 10.0 Å². The number of hydrogen-bond donors (Lipinski definition) is 2. The van der Waals surface area contributed by atoms with Crippen LogP contribution in [0.5, 0.6) is 0 Å². The normalized spacial score (nSPS) is 11.0. The van der Waals surface area contributed by atoms with E-state index in [-0.39, 0.29) is 11.4 Å². The van der Waals surface area contributed by atoms with Crippen LogP contribution in [0.1, 0.15) is 33.2 Å². The number of benzene rings is 2. The number of esters is 1. The molecule has 0 aliphatic heterocycles. The molecule has 2 aromatic carbocycles. The van der Waals surface area contributed by atoms with Gasteiger partial charge in [-0.15, -0.1) is 0 Å². The summed E-state index contributed by atoms with van der Waals surface area (Å²) in [6.45, 7) is 3.76. The summed E-state index contributed by atoms with van der Waals surface area (Å²) in [6.07, 6.45) is 0. The van der Waals surface area contributed by atoms with Crippen molar-refractivity contribution in [2.45, 2.75) is 18.7 Å². The van der Waals surface area contributed by atoms with E-state index in [1.165, 1.54) is 37.4 Å². The summed E-state index contributed by atoms with van der Waals surface area (Å²) in [4.78, 5) is 24.1. The second kappa shape index (κ2) is 8.11. The van der Waals surface area contributed by atoms with Gasteiger partial charge in [0.1, 0.15) is 0 Å². The Morgan fingerprint density at radius 1 is 1.04 bits per heavy atom. The number of carbonyl (C=O) groups excluding carboxylic acids is 2. The van der Waals surface area contributed by atoms with Gasteiger partial charge >= 0.3 is 5.97 Å². The second-order valence-electron chi connectivity index (χ2n) is 5.50. The number of amides is 1. The Balaban J connectivity index is 2.22. The quantitative estimate of drug-likeness (QED) is 0.754. The summed E-state index contributed by atoms with van der Waals surface area (Å²) in [6, 6.07) is 10.4. The van der Waals surface area contributed by atoms with Crippen molar-refractivity contribution in [3.8, 4) is 0 Å². The van der Waals surface area contributed by atoms with Crippen LogP contribution >= 0.6 is 0 Å². The van der Waals surface area contributed by atoms with Gasteiger partial charge in [-0.2, -0.15) is 0 Å². The summed E-state index contributed by atoms with van der Waals surface area (Å²) >= 11 is 0. The van der Waals surface area contributed by atoms with E-state index in [2.05, 4.69) is 14.8 Å². The Morgan fingerprint density at radius 3 is 2.23 bits per heavy atom. The maximum atomic E-state index is 12.4. The number of rotatable bonds is 6. The lowest BCUT2D eigenvalue weighted by molar-refractivity contribution is 0.0600. The van der Waals surface area contributed by atoms with E-state index in [0.29, 0.717) is 16.8 Å². The Bertz CT molecular complexity index is 921. The first-order valence-electron chi connectivity index (χ1n) is 7.88. The van der Waals surface area contributed by atoms with Crippen LogP contribution in [0.25, 0.3) is 0 Å². The molecule has 26 heavy (non-hydrogen) atoms. The molecule has 0 saturated heterocycles.